The van der Waals surface area contributed by atoms with E-state index in [1.807, 2.05) is 22.6 Å². The molecular formula is C21H30N6O2. The molecular weight excluding hydrogens is 368 g/mol. The predicted octanol–water partition coefficient (Wildman–Crippen LogP) is 2.04. The third-order valence-corrected chi connectivity index (χ3v) is 6.12. The molecule has 0 unspecified atom stereocenters. The Kier molecular flexibility index (Phi) is 6.08. The second kappa shape index (κ2) is 8.90. The van der Waals surface area contributed by atoms with Crippen LogP contribution in [0.1, 0.15) is 50.3 Å². The number of amides is 1. The van der Waals surface area contributed by atoms with E-state index in [0.717, 1.165) is 23.6 Å². The zero-order valence-corrected chi connectivity index (χ0v) is 17.1. The summed E-state index contributed by atoms with van der Waals surface area (Å²) in [6.07, 6.45) is 10.4. The first kappa shape index (κ1) is 19.8. The molecule has 2 aromatic heterocycles. The Labute approximate surface area is 170 Å². The number of fused-ring (bicyclic) bond motifs is 1. The van der Waals surface area contributed by atoms with Crippen LogP contribution in [0.4, 0.5) is 5.82 Å². The fraction of sp³-hybridized carbons (Fsp3) is 0.619. The maximum absolute atomic E-state index is 12.6. The van der Waals surface area contributed by atoms with E-state index < -0.39 is 0 Å². The van der Waals surface area contributed by atoms with Crippen LogP contribution in [0, 0.1) is 5.92 Å². The molecule has 0 aromatic carbocycles. The number of nitrogens with zero attached hydrogens (tertiary/aromatic N) is 5. The van der Waals surface area contributed by atoms with E-state index in [0.29, 0.717) is 32.0 Å². The van der Waals surface area contributed by atoms with Crippen molar-refractivity contribution in [1.29, 1.82) is 0 Å². The average molecular weight is 399 g/mol. The summed E-state index contributed by atoms with van der Waals surface area (Å²) < 4.78 is 3.56. The molecule has 0 saturated heterocycles. The van der Waals surface area contributed by atoms with E-state index in [-0.39, 0.29) is 18.0 Å². The molecule has 8 nitrogen and oxygen atoms in total. The van der Waals surface area contributed by atoms with Crippen LogP contribution in [-0.2, 0) is 30.8 Å². The number of rotatable bonds is 6. The van der Waals surface area contributed by atoms with Gasteiger partial charge in [0.15, 0.2) is 0 Å². The molecule has 1 N–H and O–H groups in total. The van der Waals surface area contributed by atoms with Crippen LogP contribution in [0.3, 0.4) is 0 Å². The number of aryl methyl sites for hydroxylation is 1. The predicted molar refractivity (Wildman–Crippen MR) is 111 cm³/mol. The standard InChI is InChI=1S/C21H30N6O2/c1-2-26-15-22-18-13-25(11-9-17(18)21(26)29)14-20(28)24-19-8-10-23-27(19)12-16-6-4-3-5-7-16/h8,10,15-16H,2-7,9,11-14H2,1H3,(H,24,28). The van der Waals surface area contributed by atoms with Crippen molar-refractivity contribution in [2.45, 2.75) is 65.1 Å². The Morgan fingerprint density at radius 3 is 2.90 bits per heavy atom. The first-order valence-electron chi connectivity index (χ1n) is 10.7. The van der Waals surface area contributed by atoms with Crippen molar-refractivity contribution < 1.29 is 4.79 Å². The summed E-state index contributed by atoms with van der Waals surface area (Å²) in [7, 11) is 0. The minimum absolute atomic E-state index is 0.0493. The molecule has 0 spiro atoms. The summed E-state index contributed by atoms with van der Waals surface area (Å²) in [6, 6.07) is 1.86. The second-order valence-corrected chi connectivity index (χ2v) is 8.17. The Bertz CT molecular complexity index is 912. The molecule has 0 atom stereocenters. The van der Waals surface area contributed by atoms with Gasteiger partial charge in [-0.2, -0.15) is 5.10 Å². The van der Waals surface area contributed by atoms with E-state index in [1.54, 1.807) is 17.1 Å². The third-order valence-electron chi connectivity index (χ3n) is 6.12. The summed E-state index contributed by atoms with van der Waals surface area (Å²) in [5.41, 5.74) is 1.63. The molecule has 0 radical (unpaired) electrons. The van der Waals surface area contributed by atoms with Crippen molar-refractivity contribution in [3.05, 3.63) is 40.2 Å². The van der Waals surface area contributed by atoms with E-state index in [2.05, 4.69) is 15.4 Å². The molecule has 1 amide bonds. The lowest BCUT2D eigenvalue weighted by Crippen LogP contribution is -2.40. The van der Waals surface area contributed by atoms with Gasteiger partial charge in [-0.15, -0.1) is 0 Å². The largest absolute Gasteiger partial charge is 0.310 e. The van der Waals surface area contributed by atoms with Gasteiger partial charge in [0, 0.05) is 37.8 Å². The normalized spacial score (nSPS) is 17.8. The van der Waals surface area contributed by atoms with E-state index in [1.165, 1.54) is 32.1 Å². The highest BCUT2D eigenvalue weighted by atomic mass is 16.2. The summed E-state index contributed by atoms with van der Waals surface area (Å²) in [4.78, 5) is 31.5. The minimum atomic E-state index is -0.0549. The molecule has 8 heteroatoms. The average Bonchev–Trinajstić information content (AvgIpc) is 3.15. The fourth-order valence-electron chi connectivity index (χ4n) is 4.46. The van der Waals surface area contributed by atoms with Crippen LogP contribution in [0.2, 0.25) is 0 Å². The zero-order valence-electron chi connectivity index (χ0n) is 17.1. The summed E-state index contributed by atoms with van der Waals surface area (Å²) >= 11 is 0. The monoisotopic (exact) mass is 398 g/mol. The molecule has 29 heavy (non-hydrogen) atoms. The van der Waals surface area contributed by atoms with Crippen molar-refractivity contribution in [2.75, 3.05) is 18.4 Å². The molecule has 2 aromatic rings. The van der Waals surface area contributed by atoms with Crippen molar-refractivity contribution in [1.82, 2.24) is 24.2 Å². The van der Waals surface area contributed by atoms with Gasteiger partial charge in [0.1, 0.15) is 5.82 Å². The molecule has 1 saturated carbocycles. The van der Waals surface area contributed by atoms with Gasteiger partial charge in [-0.25, -0.2) is 9.67 Å². The van der Waals surface area contributed by atoms with Gasteiger partial charge in [0.25, 0.3) is 5.56 Å². The van der Waals surface area contributed by atoms with E-state index in [4.69, 9.17) is 0 Å². The molecule has 1 aliphatic heterocycles. The van der Waals surface area contributed by atoms with Gasteiger partial charge in [0.2, 0.25) is 5.91 Å². The van der Waals surface area contributed by atoms with Gasteiger partial charge in [0.05, 0.1) is 24.8 Å². The highest BCUT2D eigenvalue weighted by molar-refractivity contribution is 5.91. The second-order valence-electron chi connectivity index (χ2n) is 8.17. The van der Waals surface area contributed by atoms with E-state index in [9.17, 15) is 9.59 Å². The van der Waals surface area contributed by atoms with Crippen molar-refractivity contribution in [3.8, 4) is 0 Å². The third kappa shape index (κ3) is 4.58. The van der Waals surface area contributed by atoms with Crippen LogP contribution in [0.15, 0.2) is 23.4 Å². The fourth-order valence-corrected chi connectivity index (χ4v) is 4.46. The minimum Gasteiger partial charge on any atom is -0.310 e. The molecule has 2 aliphatic rings. The maximum atomic E-state index is 12.6. The van der Waals surface area contributed by atoms with Crippen LogP contribution in [-0.4, -0.2) is 43.2 Å². The number of nitrogens with one attached hydrogen (secondary N) is 1. The van der Waals surface area contributed by atoms with Gasteiger partial charge < -0.3 is 5.32 Å². The number of carbonyl (C=O) groups is 1. The van der Waals surface area contributed by atoms with Crippen LogP contribution in [0.25, 0.3) is 0 Å². The van der Waals surface area contributed by atoms with Crippen molar-refractivity contribution in [3.63, 3.8) is 0 Å². The molecule has 0 bridgehead atoms. The highest BCUT2D eigenvalue weighted by Gasteiger charge is 2.23. The molecule has 1 fully saturated rings. The lowest BCUT2D eigenvalue weighted by molar-refractivity contribution is -0.117. The summed E-state index contributed by atoms with van der Waals surface area (Å²) in [5.74, 6) is 1.36. The van der Waals surface area contributed by atoms with Crippen molar-refractivity contribution >= 4 is 11.7 Å². The smallest absolute Gasteiger partial charge is 0.256 e. The Morgan fingerprint density at radius 2 is 2.10 bits per heavy atom. The van der Waals surface area contributed by atoms with Gasteiger partial charge in [-0.3, -0.25) is 19.1 Å². The molecule has 1 aliphatic carbocycles. The van der Waals surface area contributed by atoms with Crippen LogP contribution < -0.4 is 10.9 Å². The molecule has 3 heterocycles. The van der Waals surface area contributed by atoms with Crippen LogP contribution >= 0.6 is 0 Å². The van der Waals surface area contributed by atoms with E-state index >= 15 is 0 Å². The number of aromatic nitrogens is 4. The Balaban J connectivity index is 1.34. The number of carbonyl (C=O) groups excluding carboxylic acids is 1. The lowest BCUT2D eigenvalue weighted by Gasteiger charge is -2.27. The lowest BCUT2D eigenvalue weighted by atomic mass is 9.89. The van der Waals surface area contributed by atoms with Gasteiger partial charge in [-0.05, 0) is 32.1 Å². The Morgan fingerprint density at radius 1 is 1.28 bits per heavy atom. The summed E-state index contributed by atoms with van der Waals surface area (Å²) in [5, 5.41) is 7.42. The maximum Gasteiger partial charge on any atom is 0.256 e. The number of hydrogen-bond acceptors (Lipinski definition) is 5. The Hall–Kier alpha value is -2.48. The van der Waals surface area contributed by atoms with Gasteiger partial charge >= 0.3 is 0 Å². The zero-order chi connectivity index (χ0) is 20.2. The van der Waals surface area contributed by atoms with Gasteiger partial charge in [-0.1, -0.05) is 19.3 Å². The molecule has 156 valence electrons. The van der Waals surface area contributed by atoms with Crippen LogP contribution in [0.5, 0.6) is 0 Å². The first-order chi connectivity index (χ1) is 14.1. The molecule has 4 rings (SSSR count). The van der Waals surface area contributed by atoms with Crippen molar-refractivity contribution in [2.24, 2.45) is 5.92 Å². The summed E-state index contributed by atoms with van der Waals surface area (Å²) in [6.45, 7) is 4.93. The highest BCUT2D eigenvalue weighted by Crippen LogP contribution is 2.26. The number of anilines is 1. The topological polar surface area (TPSA) is 85.1 Å². The SMILES string of the molecule is CCn1cnc2c(c1=O)CCN(CC(=O)Nc1ccnn1CC1CCCCC1)C2. The first-order valence-corrected chi connectivity index (χ1v) is 10.7. The quantitative estimate of drug-likeness (QED) is 0.805. The number of hydrogen-bond donors (Lipinski definition) is 1.